The quantitative estimate of drug-likeness (QED) is 0.451. The Morgan fingerprint density at radius 2 is 2.06 bits per heavy atom. The van der Waals surface area contributed by atoms with Gasteiger partial charge in [-0.2, -0.15) is 5.26 Å². The summed E-state index contributed by atoms with van der Waals surface area (Å²) in [7, 11) is 3.04. The number of ether oxygens (including phenoxy) is 2. The number of nitrogens with one attached hydrogen (secondary N) is 2. The van der Waals surface area contributed by atoms with Crippen LogP contribution < -0.4 is 4.74 Å². The molecule has 4 aromatic rings. The summed E-state index contributed by atoms with van der Waals surface area (Å²) in [6.07, 6.45) is 2.58. The van der Waals surface area contributed by atoms with Crippen LogP contribution in [0.25, 0.3) is 21.9 Å². The molecule has 0 saturated heterocycles. The van der Waals surface area contributed by atoms with Gasteiger partial charge in [-0.05, 0) is 56.2 Å². The molecule has 0 amide bonds. The zero-order valence-electron chi connectivity index (χ0n) is 18.0. The second-order valence-electron chi connectivity index (χ2n) is 7.87. The fourth-order valence-electron chi connectivity index (χ4n) is 4.26. The maximum Gasteiger partial charge on any atom is 0.305 e. The fraction of sp³-hybridized carbons (Fsp3) is 0.292. The van der Waals surface area contributed by atoms with E-state index in [1.54, 1.807) is 19.2 Å². The maximum atomic E-state index is 12.1. The SMILES string of the molecule is COC(=O)CCC(C)(c1nc2ccc(C#N)cc2[nH]1)c1c(OC)cc(C)c2[nH]ccc12. The monoisotopic (exact) mass is 416 g/mol. The molecule has 0 saturated carbocycles. The van der Waals surface area contributed by atoms with Crippen LogP contribution in [0.1, 0.15) is 42.3 Å². The molecule has 0 radical (unpaired) electrons. The van der Waals surface area contributed by atoms with E-state index in [-0.39, 0.29) is 12.4 Å². The highest BCUT2D eigenvalue weighted by molar-refractivity contribution is 5.90. The molecular formula is C24H24N4O3. The molecule has 31 heavy (non-hydrogen) atoms. The molecule has 0 fully saturated rings. The van der Waals surface area contributed by atoms with Crippen LogP contribution in [-0.2, 0) is 14.9 Å². The van der Waals surface area contributed by atoms with Gasteiger partial charge in [-0.3, -0.25) is 4.79 Å². The molecule has 0 spiro atoms. The molecule has 0 aliphatic rings. The molecule has 4 rings (SSSR count). The number of hydrogen-bond donors (Lipinski definition) is 2. The Balaban J connectivity index is 1.98. The number of aromatic amines is 2. The number of methoxy groups -OCH3 is 2. The molecule has 2 N–H and O–H groups in total. The number of rotatable bonds is 6. The van der Waals surface area contributed by atoms with Gasteiger partial charge in [0.2, 0.25) is 0 Å². The van der Waals surface area contributed by atoms with Crippen molar-refractivity contribution in [1.29, 1.82) is 5.26 Å². The lowest BCUT2D eigenvalue weighted by Gasteiger charge is -2.30. The number of H-pyrrole nitrogens is 2. The molecule has 7 heteroatoms. The van der Waals surface area contributed by atoms with Gasteiger partial charge >= 0.3 is 5.97 Å². The predicted molar refractivity (Wildman–Crippen MR) is 118 cm³/mol. The Hall–Kier alpha value is -3.79. The zero-order valence-corrected chi connectivity index (χ0v) is 18.0. The number of aryl methyl sites for hydroxylation is 1. The third-order valence-corrected chi connectivity index (χ3v) is 5.97. The van der Waals surface area contributed by atoms with Crippen molar-refractivity contribution in [3.63, 3.8) is 0 Å². The molecule has 2 aromatic heterocycles. The minimum atomic E-state index is -0.681. The van der Waals surface area contributed by atoms with Gasteiger partial charge < -0.3 is 19.4 Å². The van der Waals surface area contributed by atoms with Crippen LogP contribution in [0.4, 0.5) is 0 Å². The van der Waals surface area contributed by atoms with Gasteiger partial charge in [-0.1, -0.05) is 0 Å². The number of fused-ring (bicyclic) bond motifs is 2. The number of hydrogen-bond acceptors (Lipinski definition) is 5. The largest absolute Gasteiger partial charge is 0.496 e. The Kier molecular flexibility index (Phi) is 5.15. The maximum absolute atomic E-state index is 12.1. The molecule has 158 valence electrons. The average molecular weight is 416 g/mol. The lowest BCUT2D eigenvalue weighted by Crippen LogP contribution is -2.28. The van der Waals surface area contributed by atoms with E-state index in [9.17, 15) is 10.1 Å². The normalized spacial score (nSPS) is 13.1. The van der Waals surface area contributed by atoms with Crippen LogP contribution in [0.5, 0.6) is 5.75 Å². The second kappa shape index (κ2) is 7.80. The van der Waals surface area contributed by atoms with Crippen LogP contribution >= 0.6 is 0 Å². The van der Waals surface area contributed by atoms with Gasteiger partial charge in [0.1, 0.15) is 11.6 Å². The minimum absolute atomic E-state index is 0.219. The Morgan fingerprint density at radius 1 is 1.26 bits per heavy atom. The van der Waals surface area contributed by atoms with Crippen molar-refractivity contribution in [2.75, 3.05) is 14.2 Å². The first-order valence-corrected chi connectivity index (χ1v) is 10.0. The van der Waals surface area contributed by atoms with Crippen LogP contribution in [0.15, 0.2) is 36.5 Å². The predicted octanol–water partition coefficient (Wildman–Crippen LogP) is 4.49. The highest BCUT2D eigenvalue weighted by atomic mass is 16.5. The summed E-state index contributed by atoms with van der Waals surface area (Å²) < 4.78 is 10.7. The van der Waals surface area contributed by atoms with Crippen molar-refractivity contribution < 1.29 is 14.3 Å². The van der Waals surface area contributed by atoms with Gasteiger partial charge in [0.25, 0.3) is 0 Å². The van der Waals surface area contributed by atoms with Crippen molar-refractivity contribution in [2.24, 2.45) is 0 Å². The number of nitriles is 1. The smallest absolute Gasteiger partial charge is 0.305 e. The van der Waals surface area contributed by atoms with E-state index in [2.05, 4.69) is 23.0 Å². The van der Waals surface area contributed by atoms with Gasteiger partial charge in [0.05, 0.1) is 42.3 Å². The molecular weight excluding hydrogens is 392 g/mol. The van der Waals surface area contributed by atoms with E-state index in [0.717, 1.165) is 38.8 Å². The number of nitrogens with zero attached hydrogens (tertiary/aromatic N) is 2. The van der Waals surface area contributed by atoms with E-state index in [1.807, 2.05) is 31.3 Å². The third kappa shape index (κ3) is 3.40. The van der Waals surface area contributed by atoms with Crippen LogP contribution in [0.2, 0.25) is 0 Å². The van der Waals surface area contributed by atoms with Crippen molar-refractivity contribution in [3.8, 4) is 11.8 Å². The average Bonchev–Trinajstić information content (AvgIpc) is 3.44. The summed E-state index contributed by atoms with van der Waals surface area (Å²) >= 11 is 0. The summed E-state index contributed by atoms with van der Waals surface area (Å²) in [6, 6.07) is 11.5. The second-order valence-corrected chi connectivity index (χ2v) is 7.87. The number of benzene rings is 2. The van der Waals surface area contributed by atoms with E-state index < -0.39 is 5.41 Å². The lowest BCUT2D eigenvalue weighted by atomic mass is 9.75. The Labute approximate surface area is 180 Å². The Bertz CT molecular complexity index is 1330. The first kappa shape index (κ1) is 20.5. The first-order chi connectivity index (χ1) is 14.9. The summed E-state index contributed by atoms with van der Waals surface area (Å²) in [5.74, 6) is 1.15. The third-order valence-electron chi connectivity index (χ3n) is 5.97. The molecule has 0 aliphatic carbocycles. The summed E-state index contributed by atoms with van der Waals surface area (Å²) in [5, 5.41) is 10.3. The van der Waals surface area contributed by atoms with Crippen LogP contribution in [0.3, 0.4) is 0 Å². The number of imidazole rings is 1. The van der Waals surface area contributed by atoms with E-state index >= 15 is 0 Å². The van der Waals surface area contributed by atoms with Crippen molar-refractivity contribution >= 4 is 27.9 Å². The lowest BCUT2D eigenvalue weighted by molar-refractivity contribution is -0.140. The number of carbonyl (C=O) groups is 1. The first-order valence-electron chi connectivity index (χ1n) is 10.0. The molecule has 7 nitrogen and oxygen atoms in total. The van der Waals surface area contributed by atoms with Crippen molar-refractivity contribution in [2.45, 2.75) is 32.1 Å². The van der Waals surface area contributed by atoms with E-state index in [4.69, 9.17) is 14.5 Å². The number of aromatic nitrogens is 3. The highest BCUT2D eigenvalue weighted by Gasteiger charge is 2.37. The molecule has 2 heterocycles. The fourth-order valence-corrected chi connectivity index (χ4v) is 4.26. The summed E-state index contributed by atoms with van der Waals surface area (Å²) in [5.41, 5.74) is 4.44. The van der Waals surface area contributed by atoms with Crippen molar-refractivity contribution in [3.05, 3.63) is 59.0 Å². The Morgan fingerprint density at radius 3 is 2.77 bits per heavy atom. The van der Waals surface area contributed by atoms with Gasteiger partial charge in [0.15, 0.2) is 0 Å². The molecule has 1 atom stereocenters. The molecule has 0 bridgehead atoms. The number of carbonyl (C=O) groups excluding carboxylic acids is 1. The highest BCUT2D eigenvalue weighted by Crippen LogP contribution is 2.45. The standard InChI is InChI=1S/C24H24N4O3/c1-14-11-19(30-3)21(16-8-10-26-22(14)16)24(2,9-7-20(29)31-4)23-27-17-6-5-15(13-25)12-18(17)28-23/h5-6,8,10-12,26H,7,9H2,1-4H3,(H,27,28). The van der Waals surface area contributed by atoms with E-state index in [1.165, 1.54) is 7.11 Å². The topological polar surface area (TPSA) is 104 Å². The summed E-state index contributed by atoms with van der Waals surface area (Å²) in [4.78, 5) is 23.6. The zero-order chi connectivity index (χ0) is 22.2. The minimum Gasteiger partial charge on any atom is -0.496 e. The van der Waals surface area contributed by atoms with Crippen molar-refractivity contribution in [1.82, 2.24) is 15.0 Å². The molecule has 1 unspecified atom stereocenters. The summed E-state index contributed by atoms with van der Waals surface area (Å²) in [6.45, 7) is 4.08. The molecule has 2 aromatic carbocycles. The van der Waals surface area contributed by atoms with Crippen LogP contribution in [0, 0.1) is 18.3 Å². The number of esters is 1. The van der Waals surface area contributed by atoms with Gasteiger partial charge in [0, 0.05) is 29.1 Å². The van der Waals surface area contributed by atoms with E-state index in [0.29, 0.717) is 17.8 Å². The molecule has 0 aliphatic heterocycles. The van der Waals surface area contributed by atoms with Crippen LogP contribution in [-0.4, -0.2) is 35.1 Å². The van der Waals surface area contributed by atoms with Gasteiger partial charge in [-0.15, -0.1) is 0 Å². The van der Waals surface area contributed by atoms with Gasteiger partial charge in [-0.25, -0.2) is 4.98 Å².